The summed E-state index contributed by atoms with van der Waals surface area (Å²) in [6, 6.07) is 10.2. The Bertz CT molecular complexity index is 594. The van der Waals surface area contributed by atoms with E-state index in [0.29, 0.717) is 11.1 Å². The number of benzene rings is 1. The topological polar surface area (TPSA) is 29.0 Å². The predicted molar refractivity (Wildman–Crippen MR) is 78.3 cm³/mol. The van der Waals surface area contributed by atoms with Crippen molar-refractivity contribution in [2.75, 3.05) is 11.9 Å². The van der Waals surface area contributed by atoms with E-state index in [4.69, 9.17) is 16.6 Å². The summed E-state index contributed by atoms with van der Waals surface area (Å²) in [6.45, 7) is 1.97. The molecule has 0 spiro atoms. The van der Waals surface area contributed by atoms with Gasteiger partial charge in [-0.3, -0.25) is 0 Å². The lowest BCUT2D eigenvalue weighted by atomic mass is 10.2. The first-order chi connectivity index (χ1) is 9.16. The first-order valence-electron chi connectivity index (χ1n) is 6.49. The van der Waals surface area contributed by atoms with Crippen LogP contribution in [0.15, 0.2) is 30.3 Å². The van der Waals surface area contributed by atoms with E-state index in [0.717, 1.165) is 22.9 Å². The summed E-state index contributed by atoms with van der Waals surface area (Å²) in [6.07, 6.45) is 2.35. The standard InChI is InChI=1S/C15H16ClN3/c1-10-13(16)17-14(11-8-9-11)18-15(10)19(2)12-6-4-3-5-7-12/h3-7,11H,8-9H2,1-2H3. The van der Waals surface area contributed by atoms with Gasteiger partial charge in [-0.15, -0.1) is 0 Å². The first kappa shape index (κ1) is 12.4. The lowest BCUT2D eigenvalue weighted by molar-refractivity contribution is 0.904. The van der Waals surface area contributed by atoms with E-state index >= 15 is 0 Å². The summed E-state index contributed by atoms with van der Waals surface area (Å²) in [5.41, 5.74) is 2.03. The van der Waals surface area contributed by atoms with Crippen molar-refractivity contribution in [1.82, 2.24) is 9.97 Å². The number of aromatic nitrogens is 2. The van der Waals surface area contributed by atoms with Crippen molar-refractivity contribution in [1.29, 1.82) is 0 Å². The zero-order chi connectivity index (χ0) is 13.4. The Morgan fingerprint density at radius 3 is 2.47 bits per heavy atom. The maximum absolute atomic E-state index is 6.24. The molecule has 98 valence electrons. The van der Waals surface area contributed by atoms with Crippen LogP contribution in [0.3, 0.4) is 0 Å². The lowest BCUT2D eigenvalue weighted by Gasteiger charge is -2.21. The molecule has 1 aromatic carbocycles. The van der Waals surface area contributed by atoms with Gasteiger partial charge in [0.05, 0.1) is 0 Å². The summed E-state index contributed by atoms with van der Waals surface area (Å²) in [5.74, 6) is 2.28. The van der Waals surface area contributed by atoms with Crippen LogP contribution in [0.1, 0.15) is 30.1 Å². The van der Waals surface area contributed by atoms with Crippen LogP contribution in [0.2, 0.25) is 5.15 Å². The molecule has 19 heavy (non-hydrogen) atoms. The Hall–Kier alpha value is -1.61. The van der Waals surface area contributed by atoms with E-state index in [-0.39, 0.29) is 0 Å². The molecule has 1 saturated carbocycles. The molecule has 0 unspecified atom stereocenters. The summed E-state index contributed by atoms with van der Waals surface area (Å²) in [7, 11) is 2.01. The number of para-hydroxylation sites is 1. The number of hydrogen-bond acceptors (Lipinski definition) is 3. The van der Waals surface area contributed by atoms with E-state index in [1.54, 1.807) is 0 Å². The fourth-order valence-electron chi connectivity index (χ4n) is 2.12. The third kappa shape index (κ3) is 2.43. The Kier molecular flexibility index (Phi) is 3.15. The van der Waals surface area contributed by atoms with Crippen LogP contribution in [0.4, 0.5) is 11.5 Å². The van der Waals surface area contributed by atoms with Gasteiger partial charge in [-0.05, 0) is 31.9 Å². The maximum atomic E-state index is 6.24. The Morgan fingerprint density at radius 2 is 1.84 bits per heavy atom. The van der Waals surface area contributed by atoms with Crippen LogP contribution in [0.5, 0.6) is 0 Å². The van der Waals surface area contributed by atoms with Gasteiger partial charge in [0.1, 0.15) is 16.8 Å². The van der Waals surface area contributed by atoms with Gasteiger partial charge in [-0.1, -0.05) is 29.8 Å². The minimum absolute atomic E-state index is 0.501. The molecule has 0 radical (unpaired) electrons. The smallest absolute Gasteiger partial charge is 0.140 e. The van der Waals surface area contributed by atoms with Crippen LogP contribution in [0.25, 0.3) is 0 Å². The fraction of sp³-hybridized carbons (Fsp3) is 0.333. The quantitative estimate of drug-likeness (QED) is 0.789. The molecule has 0 amide bonds. The van der Waals surface area contributed by atoms with Crippen molar-refractivity contribution in [2.24, 2.45) is 0 Å². The molecule has 3 nitrogen and oxygen atoms in total. The highest BCUT2D eigenvalue weighted by molar-refractivity contribution is 6.30. The van der Waals surface area contributed by atoms with Gasteiger partial charge in [0.2, 0.25) is 0 Å². The van der Waals surface area contributed by atoms with Crippen LogP contribution < -0.4 is 4.90 Å². The van der Waals surface area contributed by atoms with Gasteiger partial charge in [-0.25, -0.2) is 9.97 Å². The van der Waals surface area contributed by atoms with Gasteiger partial charge in [-0.2, -0.15) is 0 Å². The molecule has 4 heteroatoms. The van der Waals surface area contributed by atoms with E-state index < -0.39 is 0 Å². The van der Waals surface area contributed by atoms with Gasteiger partial charge in [0.25, 0.3) is 0 Å². The van der Waals surface area contributed by atoms with Crippen LogP contribution in [-0.4, -0.2) is 17.0 Å². The molecule has 1 aliphatic carbocycles. The summed E-state index contributed by atoms with van der Waals surface area (Å²) in [5, 5.41) is 0.565. The van der Waals surface area contributed by atoms with Crippen molar-refractivity contribution in [3.63, 3.8) is 0 Å². The third-order valence-electron chi connectivity index (χ3n) is 3.48. The van der Waals surface area contributed by atoms with E-state index in [1.807, 2.05) is 32.2 Å². The predicted octanol–water partition coefficient (Wildman–Crippen LogP) is 4.08. The summed E-state index contributed by atoms with van der Waals surface area (Å²) < 4.78 is 0. The maximum Gasteiger partial charge on any atom is 0.140 e. The minimum Gasteiger partial charge on any atom is -0.329 e. The Morgan fingerprint density at radius 1 is 1.16 bits per heavy atom. The van der Waals surface area contributed by atoms with Crippen LogP contribution >= 0.6 is 11.6 Å². The average molecular weight is 274 g/mol. The third-order valence-corrected chi connectivity index (χ3v) is 3.85. The number of anilines is 2. The number of nitrogens with zero attached hydrogens (tertiary/aromatic N) is 3. The molecule has 2 aromatic rings. The van der Waals surface area contributed by atoms with Crippen LogP contribution in [0, 0.1) is 6.92 Å². The molecule has 0 saturated heterocycles. The molecule has 0 atom stereocenters. The van der Waals surface area contributed by atoms with Crippen molar-refractivity contribution in [2.45, 2.75) is 25.7 Å². The first-order valence-corrected chi connectivity index (χ1v) is 6.87. The molecule has 0 bridgehead atoms. The average Bonchev–Trinajstić information content (AvgIpc) is 3.26. The molecule has 1 heterocycles. The van der Waals surface area contributed by atoms with E-state index in [9.17, 15) is 0 Å². The zero-order valence-corrected chi connectivity index (χ0v) is 11.9. The van der Waals surface area contributed by atoms with Gasteiger partial charge in [0, 0.05) is 24.2 Å². The summed E-state index contributed by atoms with van der Waals surface area (Å²) >= 11 is 6.24. The van der Waals surface area contributed by atoms with Crippen molar-refractivity contribution < 1.29 is 0 Å². The second-order valence-electron chi connectivity index (χ2n) is 4.99. The Balaban J connectivity index is 2.03. The monoisotopic (exact) mass is 273 g/mol. The van der Waals surface area contributed by atoms with Crippen molar-refractivity contribution >= 4 is 23.1 Å². The molecule has 3 rings (SSSR count). The highest BCUT2D eigenvalue weighted by Crippen LogP contribution is 2.40. The van der Waals surface area contributed by atoms with E-state index in [2.05, 4.69) is 22.0 Å². The molecule has 0 aliphatic heterocycles. The summed E-state index contributed by atoms with van der Waals surface area (Å²) in [4.78, 5) is 11.2. The molecule has 1 aliphatic rings. The molecule has 1 fully saturated rings. The fourth-order valence-corrected chi connectivity index (χ4v) is 2.29. The molecule has 1 aromatic heterocycles. The highest BCUT2D eigenvalue weighted by Gasteiger charge is 2.28. The number of rotatable bonds is 3. The minimum atomic E-state index is 0.501. The zero-order valence-electron chi connectivity index (χ0n) is 11.1. The Labute approximate surface area is 118 Å². The number of hydrogen-bond donors (Lipinski definition) is 0. The molecular weight excluding hydrogens is 258 g/mol. The number of halogens is 1. The second-order valence-corrected chi connectivity index (χ2v) is 5.35. The van der Waals surface area contributed by atoms with E-state index in [1.165, 1.54) is 12.8 Å². The van der Waals surface area contributed by atoms with Gasteiger partial charge < -0.3 is 4.90 Å². The second kappa shape index (κ2) is 4.82. The normalized spacial score (nSPS) is 14.5. The molecular formula is C15H16ClN3. The lowest BCUT2D eigenvalue weighted by Crippen LogP contribution is -2.14. The highest BCUT2D eigenvalue weighted by atomic mass is 35.5. The van der Waals surface area contributed by atoms with Gasteiger partial charge in [0.15, 0.2) is 0 Å². The largest absolute Gasteiger partial charge is 0.329 e. The molecule has 0 N–H and O–H groups in total. The SMILES string of the molecule is Cc1c(Cl)nc(C2CC2)nc1N(C)c1ccccc1. The van der Waals surface area contributed by atoms with Crippen molar-refractivity contribution in [3.8, 4) is 0 Å². The van der Waals surface area contributed by atoms with Gasteiger partial charge >= 0.3 is 0 Å². The van der Waals surface area contributed by atoms with Crippen molar-refractivity contribution in [3.05, 3.63) is 46.9 Å². The van der Waals surface area contributed by atoms with Crippen LogP contribution in [-0.2, 0) is 0 Å².